The van der Waals surface area contributed by atoms with Gasteiger partial charge in [-0.15, -0.1) is 0 Å². The Morgan fingerprint density at radius 2 is 2.16 bits per heavy atom. The van der Waals surface area contributed by atoms with Crippen LogP contribution in [0.15, 0.2) is 18.2 Å². The summed E-state index contributed by atoms with van der Waals surface area (Å²) in [6.07, 6.45) is 2.21. The Hall–Kier alpha value is -0.330. The smallest absolute Gasteiger partial charge is 0.251 e. The molecule has 0 saturated carbocycles. The second kappa shape index (κ2) is 6.41. The minimum absolute atomic E-state index is 0.0191. The van der Waals surface area contributed by atoms with Crippen molar-refractivity contribution in [2.24, 2.45) is 5.41 Å². The summed E-state index contributed by atoms with van der Waals surface area (Å²) in [7, 11) is 0. The van der Waals surface area contributed by atoms with Crippen LogP contribution in [0, 0.1) is 8.99 Å². The van der Waals surface area contributed by atoms with Crippen molar-refractivity contribution in [2.75, 3.05) is 19.6 Å². The normalized spacial score (nSPS) is 18.1. The largest absolute Gasteiger partial charge is 0.351 e. The lowest BCUT2D eigenvalue weighted by atomic mass is 9.81. The van der Waals surface area contributed by atoms with Crippen molar-refractivity contribution >= 4 is 40.1 Å². The lowest BCUT2D eigenvalue weighted by Gasteiger charge is -2.34. The van der Waals surface area contributed by atoms with Gasteiger partial charge >= 0.3 is 0 Å². The lowest BCUT2D eigenvalue weighted by molar-refractivity contribution is 0.0922. The summed E-state index contributed by atoms with van der Waals surface area (Å²) < 4.78 is 0.903. The summed E-state index contributed by atoms with van der Waals surface area (Å²) in [6.45, 7) is 5.03. The van der Waals surface area contributed by atoms with E-state index in [4.69, 9.17) is 11.6 Å². The Kier molecular flexibility index (Phi) is 5.09. The summed E-state index contributed by atoms with van der Waals surface area (Å²) in [5.41, 5.74) is 0.881. The summed E-state index contributed by atoms with van der Waals surface area (Å²) in [6, 6.07) is 5.36. The predicted molar refractivity (Wildman–Crippen MR) is 86.7 cm³/mol. The van der Waals surface area contributed by atoms with E-state index in [-0.39, 0.29) is 11.3 Å². The molecule has 104 valence electrons. The maximum absolute atomic E-state index is 12.1. The van der Waals surface area contributed by atoms with Gasteiger partial charge in [0.1, 0.15) is 0 Å². The number of hydrogen-bond acceptors (Lipinski definition) is 2. The zero-order valence-corrected chi connectivity index (χ0v) is 13.8. The number of carbonyl (C=O) groups is 1. The van der Waals surface area contributed by atoms with Crippen LogP contribution in [0.5, 0.6) is 0 Å². The average molecular weight is 393 g/mol. The van der Waals surface area contributed by atoms with Crippen molar-refractivity contribution in [3.63, 3.8) is 0 Å². The van der Waals surface area contributed by atoms with Gasteiger partial charge in [0.15, 0.2) is 0 Å². The molecule has 3 nitrogen and oxygen atoms in total. The molecular weight excluding hydrogens is 375 g/mol. The first-order valence-corrected chi connectivity index (χ1v) is 7.90. The van der Waals surface area contributed by atoms with E-state index in [1.165, 1.54) is 0 Å². The van der Waals surface area contributed by atoms with Gasteiger partial charge in [-0.25, -0.2) is 0 Å². The molecule has 0 radical (unpaired) electrons. The van der Waals surface area contributed by atoms with Gasteiger partial charge in [0.25, 0.3) is 5.91 Å². The molecule has 1 aromatic carbocycles. The highest BCUT2D eigenvalue weighted by molar-refractivity contribution is 14.1. The van der Waals surface area contributed by atoms with Gasteiger partial charge in [0, 0.05) is 15.7 Å². The number of nitrogens with one attached hydrogen (secondary N) is 2. The fraction of sp³-hybridized carbons (Fsp3) is 0.500. The molecule has 1 aliphatic rings. The second-order valence-corrected chi connectivity index (χ2v) is 6.94. The minimum Gasteiger partial charge on any atom is -0.351 e. The minimum atomic E-state index is -0.0191. The number of hydrogen-bond donors (Lipinski definition) is 2. The van der Waals surface area contributed by atoms with Gasteiger partial charge < -0.3 is 10.6 Å². The van der Waals surface area contributed by atoms with Gasteiger partial charge in [-0.2, -0.15) is 0 Å². The van der Waals surface area contributed by atoms with Gasteiger partial charge in [-0.05, 0) is 72.1 Å². The molecule has 0 aliphatic carbocycles. The average Bonchev–Trinajstić information content (AvgIpc) is 2.40. The highest BCUT2D eigenvalue weighted by atomic mass is 127. The third-order valence-electron chi connectivity index (χ3n) is 3.67. The lowest BCUT2D eigenvalue weighted by Crippen LogP contribution is -2.42. The summed E-state index contributed by atoms with van der Waals surface area (Å²) in [4.78, 5) is 12.1. The first-order valence-electron chi connectivity index (χ1n) is 6.44. The molecule has 2 N–H and O–H groups in total. The Morgan fingerprint density at radius 3 is 2.79 bits per heavy atom. The molecule has 5 heteroatoms. The molecular formula is C14H18ClIN2O. The van der Waals surface area contributed by atoms with E-state index >= 15 is 0 Å². The molecule has 1 aliphatic heterocycles. The maximum Gasteiger partial charge on any atom is 0.251 e. The Bertz CT molecular complexity index is 473. The van der Waals surface area contributed by atoms with Crippen LogP contribution in [0.4, 0.5) is 0 Å². The van der Waals surface area contributed by atoms with Crippen molar-refractivity contribution in [1.29, 1.82) is 0 Å². The van der Waals surface area contributed by atoms with Crippen molar-refractivity contribution in [3.8, 4) is 0 Å². The van der Waals surface area contributed by atoms with Crippen LogP contribution in [-0.2, 0) is 0 Å². The SMILES string of the molecule is CC1(CNC(=O)c2ccc(Cl)c(I)c2)CCNCC1. The van der Waals surface area contributed by atoms with Crippen LogP contribution in [0.25, 0.3) is 0 Å². The number of benzene rings is 1. The molecule has 0 spiro atoms. The van der Waals surface area contributed by atoms with Crippen molar-refractivity contribution in [1.82, 2.24) is 10.6 Å². The van der Waals surface area contributed by atoms with Gasteiger partial charge in [0.05, 0.1) is 5.02 Å². The highest BCUT2D eigenvalue weighted by Gasteiger charge is 2.27. The van der Waals surface area contributed by atoms with Crippen LogP contribution < -0.4 is 10.6 Å². The van der Waals surface area contributed by atoms with E-state index in [1.54, 1.807) is 12.1 Å². The molecule has 1 saturated heterocycles. The first kappa shape index (κ1) is 15.1. The molecule has 0 atom stereocenters. The maximum atomic E-state index is 12.1. The van der Waals surface area contributed by atoms with E-state index in [0.29, 0.717) is 10.6 Å². The third kappa shape index (κ3) is 4.07. The molecule has 0 unspecified atom stereocenters. The first-order chi connectivity index (χ1) is 9.00. The van der Waals surface area contributed by atoms with Crippen LogP contribution in [0.1, 0.15) is 30.1 Å². The van der Waals surface area contributed by atoms with Crippen LogP contribution >= 0.6 is 34.2 Å². The van der Waals surface area contributed by atoms with Crippen molar-refractivity contribution < 1.29 is 4.79 Å². The third-order valence-corrected chi connectivity index (χ3v) is 5.21. The molecule has 0 aromatic heterocycles. The van der Waals surface area contributed by atoms with Crippen LogP contribution in [-0.4, -0.2) is 25.5 Å². The quantitative estimate of drug-likeness (QED) is 0.776. The van der Waals surface area contributed by atoms with Crippen LogP contribution in [0.2, 0.25) is 5.02 Å². The molecule has 2 rings (SSSR count). The Labute approximate surface area is 132 Å². The number of piperidine rings is 1. The Balaban J connectivity index is 1.95. The predicted octanol–water partition coefficient (Wildman–Crippen LogP) is 3.06. The zero-order valence-electron chi connectivity index (χ0n) is 10.9. The molecule has 1 fully saturated rings. The fourth-order valence-corrected chi connectivity index (χ4v) is 2.87. The highest BCUT2D eigenvalue weighted by Crippen LogP contribution is 2.27. The number of halogens is 2. The van der Waals surface area contributed by atoms with Gasteiger partial charge in [-0.3, -0.25) is 4.79 Å². The van der Waals surface area contributed by atoms with E-state index in [9.17, 15) is 4.79 Å². The molecule has 1 amide bonds. The topological polar surface area (TPSA) is 41.1 Å². The number of amides is 1. The summed E-state index contributed by atoms with van der Waals surface area (Å²) in [5.74, 6) is -0.0191. The molecule has 19 heavy (non-hydrogen) atoms. The summed E-state index contributed by atoms with van der Waals surface area (Å²) >= 11 is 8.10. The van der Waals surface area contributed by atoms with E-state index in [1.807, 2.05) is 6.07 Å². The molecule has 1 heterocycles. The van der Waals surface area contributed by atoms with Crippen LogP contribution in [0.3, 0.4) is 0 Å². The monoisotopic (exact) mass is 392 g/mol. The van der Waals surface area contributed by atoms with E-state index < -0.39 is 0 Å². The number of rotatable bonds is 3. The number of carbonyl (C=O) groups excluding carboxylic acids is 1. The van der Waals surface area contributed by atoms with E-state index in [2.05, 4.69) is 40.1 Å². The summed E-state index contributed by atoms with van der Waals surface area (Å²) in [5, 5.41) is 7.07. The van der Waals surface area contributed by atoms with Gasteiger partial charge in [-0.1, -0.05) is 18.5 Å². The zero-order chi connectivity index (χ0) is 13.9. The standard InChI is InChI=1S/C14H18ClIN2O/c1-14(4-6-17-7-5-14)9-18-13(19)10-2-3-11(15)12(16)8-10/h2-3,8,17H,4-7,9H2,1H3,(H,18,19). The fourth-order valence-electron chi connectivity index (χ4n) is 2.24. The molecule has 1 aromatic rings. The van der Waals surface area contributed by atoms with Crippen molar-refractivity contribution in [3.05, 3.63) is 32.4 Å². The van der Waals surface area contributed by atoms with E-state index in [0.717, 1.165) is 36.0 Å². The van der Waals surface area contributed by atoms with Crippen molar-refractivity contribution in [2.45, 2.75) is 19.8 Å². The second-order valence-electron chi connectivity index (χ2n) is 5.37. The van der Waals surface area contributed by atoms with Gasteiger partial charge in [0.2, 0.25) is 0 Å². The Morgan fingerprint density at radius 1 is 1.47 bits per heavy atom. The molecule has 0 bridgehead atoms.